The topological polar surface area (TPSA) is 45.1 Å². The van der Waals surface area contributed by atoms with E-state index < -0.39 is 0 Å². The van der Waals surface area contributed by atoms with Crippen LogP contribution in [-0.4, -0.2) is 22.7 Å². The number of aromatic nitrogens is 1. The van der Waals surface area contributed by atoms with Gasteiger partial charge in [0, 0.05) is 12.7 Å². The van der Waals surface area contributed by atoms with Crippen LogP contribution in [0.4, 0.5) is 5.82 Å². The van der Waals surface area contributed by atoms with Crippen LogP contribution in [0.5, 0.6) is 0 Å². The molecule has 2 rings (SSSR count). The summed E-state index contributed by atoms with van der Waals surface area (Å²) in [4.78, 5) is 4.37. The molecule has 1 saturated carbocycles. The molecule has 1 aliphatic rings. The molecule has 0 radical (unpaired) electrons. The van der Waals surface area contributed by atoms with Crippen molar-refractivity contribution in [3.8, 4) is 0 Å². The molecular formula is C14H22N2O. The van der Waals surface area contributed by atoms with Gasteiger partial charge in [-0.3, -0.25) is 0 Å². The maximum atomic E-state index is 9.74. The number of hydrogen-bond donors (Lipinski definition) is 2. The van der Waals surface area contributed by atoms with Gasteiger partial charge in [0.05, 0.1) is 6.10 Å². The summed E-state index contributed by atoms with van der Waals surface area (Å²) in [6.45, 7) is 7.13. The molecule has 3 heteroatoms. The van der Waals surface area contributed by atoms with Crippen LogP contribution < -0.4 is 5.32 Å². The van der Waals surface area contributed by atoms with Gasteiger partial charge in [0.2, 0.25) is 0 Å². The lowest BCUT2D eigenvalue weighted by molar-refractivity contribution is 0.164. The quantitative estimate of drug-likeness (QED) is 0.841. The van der Waals surface area contributed by atoms with Crippen molar-refractivity contribution in [1.29, 1.82) is 0 Å². The number of hydrogen-bond acceptors (Lipinski definition) is 3. The molecular weight excluding hydrogens is 212 g/mol. The summed E-state index contributed by atoms with van der Waals surface area (Å²) in [5, 5.41) is 12.9. The van der Waals surface area contributed by atoms with E-state index in [0.29, 0.717) is 12.5 Å². The Balaban J connectivity index is 1.89. The van der Waals surface area contributed by atoms with Crippen molar-refractivity contribution >= 4 is 5.82 Å². The molecule has 0 spiro atoms. The largest absolute Gasteiger partial charge is 0.391 e. The first-order chi connectivity index (χ1) is 7.97. The van der Waals surface area contributed by atoms with Gasteiger partial charge in [-0.1, -0.05) is 26.8 Å². The van der Waals surface area contributed by atoms with Gasteiger partial charge in [0.1, 0.15) is 5.82 Å². The minimum absolute atomic E-state index is 0.138. The van der Waals surface area contributed by atoms with E-state index in [0.717, 1.165) is 5.82 Å². The van der Waals surface area contributed by atoms with Crippen molar-refractivity contribution in [1.82, 2.24) is 4.98 Å². The second-order valence-corrected chi connectivity index (χ2v) is 5.97. The first kappa shape index (κ1) is 12.4. The Morgan fingerprint density at radius 2 is 2.12 bits per heavy atom. The van der Waals surface area contributed by atoms with Gasteiger partial charge < -0.3 is 10.4 Å². The standard InChI is InChI=1S/C14H22N2O/c1-14(2,3)11-6-7-13(15-8-11)16-9-12(17)10-4-5-10/h6-8,10,12,17H,4-5,9H2,1-3H3,(H,15,16). The first-order valence-corrected chi connectivity index (χ1v) is 6.35. The zero-order chi connectivity index (χ0) is 12.5. The van der Waals surface area contributed by atoms with E-state index in [2.05, 4.69) is 37.1 Å². The molecule has 1 unspecified atom stereocenters. The molecule has 1 aromatic rings. The number of pyridine rings is 1. The normalized spacial score (nSPS) is 17.9. The summed E-state index contributed by atoms with van der Waals surface area (Å²) in [7, 11) is 0. The summed E-state index contributed by atoms with van der Waals surface area (Å²) in [6, 6.07) is 4.08. The van der Waals surface area contributed by atoms with E-state index in [9.17, 15) is 5.11 Å². The summed E-state index contributed by atoms with van der Waals surface area (Å²) >= 11 is 0. The lowest BCUT2D eigenvalue weighted by Crippen LogP contribution is -2.22. The van der Waals surface area contributed by atoms with Gasteiger partial charge in [0.15, 0.2) is 0 Å². The molecule has 94 valence electrons. The van der Waals surface area contributed by atoms with Crippen molar-refractivity contribution in [2.45, 2.75) is 45.1 Å². The first-order valence-electron chi connectivity index (χ1n) is 6.35. The predicted octanol–water partition coefficient (Wildman–Crippen LogP) is 2.56. The van der Waals surface area contributed by atoms with Crippen LogP contribution in [0.1, 0.15) is 39.2 Å². The zero-order valence-electron chi connectivity index (χ0n) is 10.9. The Kier molecular flexibility index (Phi) is 3.38. The lowest BCUT2D eigenvalue weighted by atomic mass is 9.88. The van der Waals surface area contributed by atoms with E-state index in [4.69, 9.17) is 0 Å². The maximum Gasteiger partial charge on any atom is 0.125 e. The molecule has 1 aromatic heterocycles. The highest BCUT2D eigenvalue weighted by Crippen LogP contribution is 2.32. The summed E-state index contributed by atoms with van der Waals surface area (Å²) in [5.74, 6) is 1.36. The molecule has 1 atom stereocenters. The van der Waals surface area contributed by atoms with Crippen LogP contribution in [0.2, 0.25) is 0 Å². The number of aliphatic hydroxyl groups excluding tert-OH is 1. The van der Waals surface area contributed by atoms with E-state index in [1.165, 1.54) is 18.4 Å². The average molecular weight is 234 g/mol. The average Bonchev–Trinajstić information content (AvgIpc) is 3.09. The minimum Gasteiger partial charge on any atom is -0.391 e. The van der Waals surface area contributed by atoms with E-state index in [1.54, 1.807) is 0 Å². The zero-order valence-corrected chi connectivity index (χ0v) is 10.9. The smallest absolute Gasteiger partial charge is 0.125 e. The van der Waals surface area contributed by atoms with Gasteiger partial charge in [-0.05, 0) is 35.8 Å². The Labute approximate surface area is 103 Å². The fourth-order valence-electron chi connectivity index (χ4n) is 1.80. The third kappa shape index (κ3) is 3.43. The number of anilines is 1. The molecule has 0 amide bonds. The van der Waals surface area contributed by atoms with Crippen LogP contribution in [0.25, 0.3) is 0 Å². The Hall–Kier alpha value is -1.09. The Morgan fingerprint density at radius 3 is 2.59 bits per heavy atom. The molecule has 0 bridgehead atoms. The van der Waals surface area contributed by atoms with Gasteiger partial charge in [-0.15, -0.1) is 0 Å². The van der Waals surface area contributed by atoms with E-state index in [1.807, 2.05) is 12.3 Å². The Bertz CT molecular complexity index is 363. The molecule has 17 heavy (non-hydrogen) atoms. The third-order valence-corrected chi connectivity index (χ3v) is 3.29. The minimum atomic E-state index is -0.223. The van der Waals surface area contributed by atoms with Crippen molar-refractivity contribution in [2.24, 2.45) is 5.92 Å². The summed E-state index contributed by atoms with van der Waals surface area (Å²) in [6.07, 6.45) is 4.02. The Morgan fingerprint density at radius 1 is 1.41 bits per heavy atom. The van der Waals surface area contributed by atoms with Gasteiger partial charge in [-0.2, -0.15) is 0 Å². The highest BCUT2D eigenvalue weighted by Gasteiger charge is 2.29. The highest BCUT2D eigenvalue weighted by molar-refractivity contribution is 5.37. The molecule has 3 nitrogen and oxygen atoms in total. The number of aliphatic hydroxyl groups is 1. The second kappa shape index (κ2) is 4.65. The second-order valence-electron chi connectivity index (χ2n) is 5.97. The summed E-state index contributed by atoms with van der Waals surface area (Å²) < 4.78 is 0. The monoisotopic (exact) mass is 234 g/mol. The van der Waals surface area contributed by atoms with Crippen molar-refractivity contribution in [3.05, 3.63) is 23.9 Å². The van der Waals surface area contributed by atoms with Crippen LogP contribution in [-0.2, 0) is 5.41 Å². The predicted molar refractivity (Wildman–Crippen MR) is 70.2 cm³/mol. The van der Waals surface area contributed by atoms with Crippen molar-refractivity contribution in [2.75, 3.05) is 11.9 Å². The van der Waals surface area contributed by atoms with Crippen LogP contribution in [0.15, 0.2) is 18.3 Å². The fourth-order valence-corrected chi connectivity index (χ4v) is 1.80. The number of nitrogens with zero attached hydrogens (tertiary/aromatic N) is 1. The van der Waals surface area contributed by atoms with Gasteiger partial charge >= 0.3 is 0 Å². The number of rotatable bonds is 4. The van der Waals surface area contributed by atoms with Gasteiger partial charge in [-0.25, -0.2) is 4.98 Å². The fraction of sp³-hybridized carbons (Fsp3) is 0.643. The van der Waals surface area contributed by atoms with Gasteiger partial charge in [0.25, 0.3) is 0 Å². The number of nitrogens with one attached hydrogen (secondary N) is 1. The molecule has 0 saturated heterocycles. The molecule has 0 aromatic carbocycles. The van der Waals surface area contributed by atoms with E-state index in [-0.39, 0.29) is 11.5 Å². The van der Waals surface area contributed by atoms with E-state index >= 15 is 0 Å². The molecule has 1 heterocycles. The van der Waals surface area contributed by atoms with Crippen LogP contribution >= 0.6 is 0 Å². The van der Waals surface area contributed by atoms with Crippen LogP contribution in [0, 0.1) is 5.92 Å². The van der Waals surface area contributed by atoms with Crippen LogP contribution in [0.3, 0.4) is 0 Å². The molecule has 0 aliphatic heterocycles. The molecule has 2 N–H and O–H groups in total. The third-order valence-electron chi connectivity index (χ3n) is 3.29. The lowest BCUT2D eigenvalue weighted by Gasteiger charge is -2.19. The van der Waals surface area contributed by atoms with Crippen molar-refractivity contribution < 1.29 is 5.11 Å². The molecule has 1 fully saturated rings. The molecule has 1 aliphatic carbocycles. The highest BCUT2D eigenvalue weighted by atomic mass is 16.3. The SMILES string of the molecule is CC(C)(C)c1ccc(NCC(O)C2CC2)nc1. The summed E-state index contributed by atoms with van der Waals surface area (Å²) in [5.41, 5.74) is 1.37. The van der Waals surface area contributed by atoms with Crippen molar-refractivity contribution in [3.63, 3.8) is 0 Å². The maximum absolute atomic E-state index is 9.74.